The van der Waals surface area contributed by atoms with E-state index in [2.05, 4.69) is 5.32 Å². The number of anilines is 2. The first-order chi connectivity index (χ1) is 12.4. The number of nitrogens with one attached hydrogen (secondary N) is 1. The molecule has 1 aliphatic heterocycles. The molecule has 0 atom stereocenters. The van der Waals surface area contributed by atoms with Gasteiger partial charge in [-0.1, -0.05) is 0 Å². The van der Waals surface area contributed by atoms with E-state index in [0.29, 0.717) is 30.4 Å². The number of carbonyl (C=O) groups excluding carboxylic acids is 2. The number of ether oxygens (including phenoxy) is 2. The van der Waals surface area contributed by atoms with Crippen LogP contribution in [0.2, 0.25) is 0 Å². The van der Waals surface area contributed by atoms with E-state index in [1.54, 1.807) is 18.2 Å². The average molecular weight is 362 g/mol. The molecule has 1 heterocycles. The first-order valence-corrected chi connectivity index (χ1v) is 7.86. The normalized spacial score (nSPS) is 12.4. The minimum atomic E-state index is -1.07. The number of carbonyl (C=O) groups is 2. The smallest absolute Gasteiger partial charge is 0.244 e. The van der Waals surface area contributed by atoms with E-state index in [4.69, 9.17) is 9.47 Å². The lowest BCUT2D eigenvalue weighted by molar-refractivity contribution is -0.120. The van der Waals surface area contributed by atoms with Gasteiger partial charge in [-0.2, -0.15) is 0 Å². The van der Waals surface area contributed by atoms with Gasteiger partial charge in [0.2, 0.25) is 11.8 Å². The summed E-state index contributed by atoms with van der Waals surface area (Å²) in [7, 11) is 0. The fraction of sp³-hybridized carbons (Fsp3) is 0.222. The van der Waals surface area contributed by atoms with Gasteiger partial charge in [-0.25, -0.2) is 8.78 Å². The van der Waals surface area contributed by atoms with Gasteiger partial charge in [0.25, 0.3) is 0 Å². The summed E-state index contributed by atoms with van der Waals surface area (Å²) < 4.78 is 37.1. The summed E-state index contributed by atoms with van der Waals surface area (Å²) in [5.41, 5.74) is 0.557. The Bertz CT molecular complexity index is 857. The Morgan fingerprint density at radius 2 is 1.77 bits per heavy atom. The summed E-state index contributed by atoms with van der Waals surface area (Å²) in [4.78, 5) is 25.4. The van der Waals surface area contributed by atoms with Crippen LogP contribution in [-0.4, -0.2) is 31.6 Å². The van der Waals surface area contributed by atoms with Crippen molar-refractivity contribution < 1.29 is 27.8 Å². The Hall–Kier alpha value is -3.16. The van der Waals surface area contributed by atoms with Crippen molar-refractivity contribution >= 4 is 23.2 Å². The topological polar surface area (TPSA) is 67.9 Å². The highest BCUT2D eigenvalue weighted by molar-refractivity contribution is 6.01. The predicted molar refractivity (Wildman–Crippen MR) is 90.4 cm³/mol. The summed E-state index contributed by atoms with van der Waals surface area (Å²) in [5, 5.41) is 2.43. The molecule has 0 bridgehead atoms. The Balaban J connectivity index is 1.75. The van der Waals surface area contributed by atoms with Crippen molar-refractivity contribution in [2.75, 3.05) is 30.0 Å². The molecule has 0 radical (unpaired) electrons. The molecular formula is C18H16F2N2O4. The molecule has 3 rings (SSSR count). The minimum Gasteiger partial charge on any atom is -0.486 e. The van der Waals surface area contributed by atoms with Gasteiger partial charge in [0, 0.05) is 30.4 Å². The molecule has 0 fully saturated rings. The third kappa shape index (κ3) is 3.90. The fourth-order valence-corrected chi connectivity index (χ4v) is 2.50. The predicted octanol–water partition coefficient (Wildman–Crippen LogP) is 2.73. The van der Waals surface area contributed by atoms with Crippen LogP contribution in [0.3, 0.4) is 0 Å². The maximum absolute atomic E-state index is 13.2. The highest BCUT2D eigenvalue weighted by Crippen LogP contribution is 2.34. The van der Waals surface area contributed by atoms with Crippen LogP contribution in [0.15, 0.2) is 36.4 Å². The number of benzene rings is 2. The second kappa shape index (κ2) is 7.38. The molecule has 0 aliphatic carbocycles. The van der Waals surface area contributed by atoms with Crippen LogP contribution in [0.4, 0.5) is 20.2 Å². The molecule has 2 aromatic carbocycles. The van der Waals surface area contributed by atoms with E-state index in [1.165, 1.54) is 17.9 Å². The maximum atomic E-state index is 13.2. The van der Waals surface area contributed by atoms with E-state index >= 15 is 0 Å². The van der Waals surface area contributed by atoms with Crippen molar-refractivity contribution in [3.05, 3.63) is 48.0 Å². The highest BCUT2D eigenvalue weighted by atomic mass is 19.2. The quantitative estimate of drug-likeness (QED) is 0.908. The van der Waals surface area contributed by atoms with Crippen molar-refractivity contribution in [3.63, 3.8) is 0 Å². The molecule has 1 aliphatic rings. The molecule has 0 spiro atoms. The Morgan fingerprint density at radius 1 is 1.04 bits per heavy atom. The molecule has 1 N–H and O–H groups in total. The third-order valence-corrected chi connectivity index (χ3v) is 3.72. The molecule has 8 heteroatoms. The number of nitrogens with zero attached hydrogens (tertiary/aromatic N) is 1. The van der Waals surface area contributed by atoms with Gasteiger partial charge in [0.1, 0.15) is 19.8 Å². The lowest BCUT2D eigenvalue weighted by Gasteiger charge is -2.24. The molecule has 0 aromatic heterocycles. The van der Waals surface area contributed by atoms with E-state index in [-0.39, 0.29) is 18.1 Å². The fourth-order valence-electron chi connectivity index (χ4n) is 2.50. The minimum absolute atomic E-state index is 0.0968. The number of amides is 2. The van der Waals surface area contributed by atoms with Gasteiger partial charge < -0.3 is 19.7 Å². The van der Waals surface area contributed by atoms with Crippen LogP contribution in [0, 0.1) is 11.6 Å². The van der Waals surface area contributed by atoms with E-state index in [9.17, 15) is 18.4 Å². The van der Waals surface area contributed by atoms with E-state index < -0.39 is 17.5 Å². The number of hydrogen-bond acceptors (Lipinski definition) is 4. The summed E-state index contributed by atoms with van der Waals surface area (Å²) in [5.74, 6) is -1.94. The van der Waals surface area contributed by atoms with Gasteiger partial charge in [0.15, 0.2) is 23.1 Å². The number of halogens is 2. The van der Waals surface area contributed by atoms with Crippen LogP contribution >= 0.6 is 0 Å². The van der Waals surface area contributed by atoms with Crippen molar-refractivity contribution in [1.29, 1.82) is 0 Å². The molecule has 2 amide bonds. The van der Waals surface area contributed by atoms with Gasteiger partial charge in [0.05, 0.1) is 0 Å². The van der Waals surface area contributed by atoms with Crippen molar-refractivity contribution in [3.8, 4) is 11.5 Å². The van der Waals surface area contributed by atoms with E-state index in [0.717, 1.165) is 12.1 Å². The first kappa shape index (κ1) is 17.7. The van der Waals surface area contributed by atoms with Crippen LogP contribution < -0.4 is 19.7 Å². The summed E-state index contributed by atoms with van der Waals surface area (Å²) in [6.45, 7) is 1.86. The monoisotopic (exact) mass is 362 g/mol. The zero-order valence-corrected chi connectivity index (χ0v) is 13.9. The van der Waals surface area contributed by atoms with Gasteiger partial charge in [-0.15, -0.1) is 0 Å². The van der Waals surface area contributed by atoms with Crippen molar-refractivity contribution in [2.24, 2.45) is 0 Å². The molecule has 0 saturated heterocycles. The van der Waals surface area contributed by atoms with Crippen molar-refractivity contribution in [2.45, 2.75) is 6.92 Å². The SMILES string of the molecule is CC(=O)N(CC(=O)Nc1ccc(F)c(F)c1)c1ccc2c(c1)OCCO2. The Kier molecular flexibility index (Phi) is 5.01. The highest BCUT2D eigenvalue weighted by Gasteiger charge is 2.20. The lowest BCUT2D eigenvalue weighted by atomic mass is 10.2. The third-order valence-electron chi connectivity index (χ3n) is 3.72. The number of fused-ring (bicyclic) bond motifs is 1. The lowest BCUT2D eigenvalue weighted by Crippen LogP contribution is -2.36. The second-order valence-electron chi connectivity index (χ2n) is 5.61. The second-order valence-corrected chi connectivity index (χ2v) is 5.61. The first-order valence-electron chi connectivity index (χ1n) is 7.86. The number of hydrogen-bond donors (Lipinski definition) is 1. The Morgan fingerprint density at radius 3 is 2.46 bits per heavy atom. The van der Waals surface area contributed by atoms with E-state index in [1.807, 2.05) is 0 Å². The summed E-state index contributed by atoms with van der Waals surface area (Å²) in [6, 6.07) is 7.93. The van der Waals surface area contributed by atoms with Gasteiger partial charge in [-0.3, -0.25) is 9.59 Å². The molecule has 136 valence electrons. The van der Waals surface area contributed by atoms with Crippen LogP contribution in [0.1, 0.15) is 6.92 Å². The molecule has 0 saturated carbocycles. The Labute approximate surface area is 148 Å². The summed E-state index contributed by atoms with van der Waals surface area (Å²) in [6.07, 6.45) is 0. The average Bonchev–Trinajstić information content (AvgIpc) is 2.62. The zero-order valence-electron chi connectivity index (χ0n) is 13.9. The number of rotatable bonds is 4. The largest absolute Gasteiger partial charge is 0.486 e. The molecule has 26 heavy (non-hydrogen) atoms. The molecular weight excluding hydrogens is 346 g/mol. The van der Waals surface area contributed by atoms with Gasteiger partial charge in [-0.05, 0) is 24.3 Å². The molecule has 0 unspecified atom stereocenters. The summed E-state index contributed by atoms with van der Waals surface area (Å²) >= 11 is 0. The van der Waals surface area contributed by atoms with Crippen LogP contribution in [-0.2, 0) is 9.59 Å². The molecule has 2 aromatic rings. The molecule has 6 nitrogen and oxygen atoms in total. The standard InChI is InChI=1S/C18H16F2N2O4/c1-11(23)22(13-3-5-16-17(9-13)26-7-6-25-16)10-18(24)21-12-2-4-14(19)15(20)8-12/h2-5,8-9H,6-7,10H2,1H3,(H,21,24). The van der Waals surface area contributed by atoms with Gasteiger partial charge >= 0.3 is 0 Å². The maximum Gasteiger partial charge on any atom is 0.244 e. The van der Waals surface area contributed by atoms with Crippen molar-refractivity contribution in [1.82, 2.24) is 0 Å². The zero-order chi connectivity index (χ0) is 18.7. The van der Waals surface area contributed by atoms with Crippen LogP contribution in [0.5, 0.6) is 11.5 Å². The van der Waals surface area contributed by atoms with Crippen LogP contribution in [0.25, 0.3) is 0 Å².